The van der Waals surface area contributed by atoms with E-state index in [2.05, 4.69) is 21.2 Å². The minimum absolute atomic E-state index is 0.0244. The van der Waals surface area contributed by atoms with Crippen LogP contribution in [0, 0.1) is 5.82 Å². The van der Waals surface area contributed by atoms with Gasteiger partial charge in [0.05, 0.1) is 7.11 Å². The van der Waals surface area contributed by atoms with Crippen LogP contribution in [0.15, 0.2) is 46.9 Å². The van der Waals surface area contributed by atoms with Gasteiger partial charge in [-0.15, -0.1) is 0 Å². The van der Waals surface area contributed by atoms with E-state index >= 15 is 0 Å². The molecule has 0 amide bonds. The molecule has 0 aliphatic rings. The third-order valence-corrected chi connectivity index (χ3v) is 4.12. The minimum Gasteiger partial charge on any atom is -0.496 e. The van der Waals surface area contributed by atoms with Gasteiger partial charge < -0.3 is 10.1 Å². The van der Waals surface area contributed by atoms with Crippen molar-refractivity contribution in [3.8, 4) is 5.75 Å². The highest BCUT2D eigenvalue weighted by Gasteiger charge is 2.17. The van der Waals surface area contributed by atoms with E-state index in [4.69, 9.17) is 4.74 Å². The van der Waals surface area contributed by atoms with Crippen LogP contribution in [0.25, 0.3) is 0 Å². The quantitative estimate of drug-likeness (QED) is 0.827. The monoisotopic (exact) mass is 351 g/mol. The van der Waals surface area contributed by atoms with Crippen molar-refractivity contribution in [2.45, 2.75) is 19.4 Å². The molecule has 0 aliphatic carbocycles. The fourth-order valence-corrected chi connectivity index (χ4v) is 2.93. The first-order valence-electron chi connectivity index (χ1n) is 6.96. The molecule has 0 saturated carbocycles. The maximum Gasteiger partial charge on any atom is 0.123 e. The molecule has 4 heteroatoms. The summed E-state index contributed by atoms with van der Waals surface area (Å²) in [6, 6.07) is 12.7. The topological polar surface area (TPSA) is 21.3 Å². The van der Waals surface area contributed by atoms with Gasteiger partial charge in [-0.1, -0.05) is 41.1 Å². The van der Waals surface area contributed by atoms with Crippen LogP contribution in [0.4, 0.5) is 4.39 Å². The van der Waals surface area contributed by atoms with Crippen LogP contribution in [0.3, 0.4) is 0 Å². The number of halogens is 2. The highest BCUT2D eigenvalue weighted by Crippen LogP contribution is 2.29. The molecule has 2 nitrogen and oxygen atoms in total. The summed E-state index contributed by atoms with van der Waals surface area (Å²) in [5.41, 5.74) is 2.02. The van der Waals surface area contributed by atoms with Crippen LogP contribution in [-0.4, -0.2) is 13.7 Å². The molecular weight excluding hydrogens is 333 g/mol. The van der Waals surface area contributed by atoms with Gasteiger partial charge in [-0.3, -0.25) is 0 Å². The average Bonchev–Trinajstić information content (AvgIpc) is 2.50. The predicted molar refractivity (Wildman–Crippen MR) is 87.2 cm³/mol. The second-order valence-corrected chi connectivity index (χ2v) is 5.65. The first-order valence-corrected chi connectivity index (χ1v) is 7.75. The van der Waals surface area contributed by atoms with Crippen LogP contribution in [-0.2, 0) is 6.42 Å². The number of nitrogens with one attached hydrogen (secondary N) is 1. The van der Waals surface area contributed by atoms with Gasteiger partial charge in [0.25, 0.3) is 0 Å². The van der Waals surface area contributed by atoms with Crippen molar-refractivity contribution in [1.29, 1.82) is 0 Å². The van der Waals surface area contributed by atoms with Crippen LogP contribution in [0.5, 0.6) is 5.75 Å². The number of likely N-dealkylation sites (N-methyl/N-ethyl adjacent to an activating group) is 1. The Morgan fingerprint density at radius 2 is 2.00 bits per heavy atom. The summed E-state index contributed by atoms with van der Waals surface area (Å²) < 4.78 is 19.9. The molecule has 0 aromatic heterocycles. The third-order valence-electron chi connectivity index (χ3n) is 3.40. The van der Waals surface area contributed by atoms with Crippen molar-refractivity contribution in [3.05, 3.63) is 63.9 Å². The van der Waals surface area contributed by atoms with Crippen LogP contribution in [0.1, 0.15) is 24.1 Å². The van der Waals surface area contributed by atoms with Crippen molar-refractivity contribution in [2.75, 3.05) is 13.7 Å². The Morgan fingerprint density at radius 1 is 1.24 bits per heavy atom. The van der Waals surface area contributed by atoms with Gasteiger partial charge in [0.1, 0.15) is 11.6 Å². The van der Waals surface area contributed by atoms with Crippen molar-refractivity contribution >= 4 is 15.9 Å². The normalized spacial score (nSPS) is 12.2. The Hall–Kier alpha value is -1.39. The van der Waals surface area contributed by atoms with Crippen molar-refractivity contribution in [3.63, 3.8) is 0 Å². The second kappa shape index (κ2) is 7.57. The molecule has 1 N–H and O–H groups in total. The molecule has 0 aliphatic heterocycles. The summed E-state index contributed by atoms with van der Waals surface area (Å²) in [5, 5.41) is 3.41. The van der Waals surface area contributed by atoms with Gasteiger partial charge in [0.2, 0.25) is 0 Å². The second-order valence-electron chi connectivity index (χ2n) is 4.79. The van der Waals surface area contributed by atoms with Gasteiger partial charge >= 0.3 is 0 Å². The lowest BCUT2D eigenvalue weighted by Gasteiger charge is -2.21. The van der Waals surface area contributed by atoms with Crippen molar-refractivity contribution in [2.24, 2.45) is 0 Å². The summed E-state index contributed by atoms with van der Waals surface area (Å²) in [6.45, 7) is 2.85. The molecule has 1 unspecified atom stereocenters. The highest BCUT2D eigenvalue weighted by atomic mass is 79.9. The fourth-order valence-electron chi connectivity index (χ4n) is 2.41. The van der Waals surface area contributed by atoms with Gasteiger partial charge in [0.15, 0.2) is 0 Å². The maximum atomic E-state index is 13.6. The van der Waals surface area contributed by atoms with Crippen molar-refractivity contribution in [1.82, 2.24) is 5.32 Å². The summed E-state index contributed by atoms with van der Waals surface area (Å²) in [5.74, 6) is 0.629. The molecule has 1 atom stereocenters. The van der Waals surface area contributed by atoms with E-state index in [1.54, 1.807) is 19.2 Å². The number of ether oxygens (including phenoxy) is 1. The molecule has 0 fully saturated rings. The van der Waals surface area contributed by atoms with Crippen LogP contribution in [0.2, 0.25) is 0 Å². The fraction of sp³-hybridized carbons (Fsp3) is 0.294. The lowest BCUT2D eigenvalue weighted by atomic mass is 9.98. The summed E-state index contributed by atoms with van der Waals surface area (Å²) in [7, 11) is 1.67. The van der Waals surface area contributed by atoms with Crippen LogP contribution >= 0.6 is 15.9 Å². The zero-order valence-electron chi connectivity index (χ0n) is 12.2. The standard InChI is InChI=1S/C17H19BrFNO/c1-3-20-16(14-11-13(19)8-9-15(14)18)10-12-6-4-5-7-17(12)21-2/h4-9,11,16,20H,3,10H2,1-2H3. The molecule has 0 spiro atoms. The smallest absolute Gasteiger partial charge is 0.123 e. The zero-order valence-corrected chi connectivity index (χ0v) is 13.8. The SMILES string of the molecule is CCNC(Cc1ccccc1OC)c1cc(F)ccc1Br. The maximum absolute atomic E-state index is 13.6. The molecule has 0 heterocycles. The molecule has 2 rings (SSSR count). The van der Waals surface area contributed by atoms with Gasteiger partial charge in [-0.25, -0.2) is 4.39 Å². The summed E-state index contributed by atoms with van der Waals surface area (Å²) in [4.78, 5) is 0. The molecule has 0 radical (unpaired) electrons. The summed E-state index contributed by atoms with van der Waals surface area (Å²) >= 11 is 3.51. The first-order chi connectivity index (χ1) is 10.2. The van der Waals surface area contributed by atoms with E-state index in [1.165, 1.54) is 6.07 Å². The van der Waals surface area contributed by atoms with E-state index in [1.807, 2.05) is 31.2 Å². The zero-order chi connectivity index (χ0) is 15.2. The Labute approximate surface area is 133 Å². The Balaban J connectivity index is 2.33. The van der Waals surface area contributed by atoms with Crippen LogP contribution < -0.4 is 10.1 Å². The molecule has 2 aromatic rings. The van der Waals surface area contributed by atoms with Gasteiger partial charge in [-0.05, 0) is 48.4 Å². The van der Waals surface area contributed by atoms with Gasteiger partial charge in [-0.2, -0.15) is 0 Å². The summed E-state index contributed by atoms with van der Waals surface area (Å²) in [6.07, 6.45) is 0.736. The molecule has 112 valence electrons. The Morgan fingerprint density at radius 3 is 2.71 bits per heavy atom. The molecule has 2 aromatic carbocycles. The van der Waals surface area contributed by atoms with E-state index in [9.17, 15) is 4.39 Å². The van der Waals surface area contributed by atoms with E-state index < -0.39 is 0 Å². The Bertz CT molecular complexity index is 603. The first kappa shape index (κ1) is 16.0. The lowest BCUT2D eigenvalue weighted by molar-refractivity contribution is 0.405. The van der Waals surface area contributed by atoms with Crippen molar-refractivity contribution < 1.29 is 9.13 Å². The third kappa shape index (κ3) is 4.05. The predicted octanol–water partition coefficient (Wildman–Crippen LogP) is 4.49. The molecule has 21 heavy (non-hydrogen) atoms. The number of para-hydroxylation sites is 1. The molecular formula is C17H19BrFNO. The number of benzene rings is 2. The number of rotatable bonds is 6. The van der Waals surface area contributed by atoms with Gasteiger partial charge in [0, 0.05) is 10.5 Å². The lowest BCUT2D eigenvalue weighted by Crippen LogP contribution is -2.23. The number of hydrogen-bond acceptors (Lipinski definition) is 2. The minimum atomic E-state index is -0.226. The Kier molecular flexibility index (Phi) is 5.76. The number of hydrogen-bond donors (Lipinski definition) is 1. The van der Waals surface area contributed by atoms with E-state index in [0.717, 1.165) is 34.3 Å². The number of methoxy groups -OCH3 is 1. The highest BCUT2D eigenvalue weighted by molar-refractivity contribution is 9.10. The molecule has 0 saturated heterocycles. The van der Waals surface area contributed by atoms with E-state index in [0.29, 0.717) is 0 Å². The van der Waals surface area contributed by atoms with E-state index in [-0.39, 0.29) is 11.9 Å². The average molecular weight is 352 g/mol. The largest absolute Gasteiger partial charge is 0.496 e. The molecule has 0 bridgehead atoms.